The normalized spacial score (nSPS) is 10.7. The molecule has 0 saturated carbocycles. The van der Waals surface area contributed by atoms with Crippen LogP contribution in [0.1, 0.15) is 27.0 Å². The van der Waals surface area contributed by atoms with Gasteiger partial charge in [0.2, 0.25) is 0 Å². The minimum Gasteiger partial charge on any atom is -0.493 e. The molecule has 2 rings (SSSR count). The minimum absolute atomic E-state index is 0.0677. The second-order valence-electron chi connectivity index (χ2n) is 5.13. The molecular weight excluding hydrogens is 276 g/mol. The fraction of sp³-hybridized carbons (Fsp3) is 0.211. The summed E-state index contributed by atoms with van der Waals surface area (Å²) in [4.78, 5) is 12.3. The lowest BCUT2D eigenvalue weighted by Gasteiger charge is -2.08. The van der Waals surface area contributed by atoms with E-state index in [0.717, 1.165) is 11.1 Å². The van der Waals surface area contributed by atoms with Gasteiger partial charge in [-0.25, -0.2) is 0 Å². The number of hydrogen-bond acceptors (Lipinski definition) is 3. The minimum atomic E-state index is -0.0677. The molecule has 22 heavy (non-hydrogen) atoms. The lowest BCUT2D eigenvalue weighted by Crippen LogP contribution is -1.97. The highest BCUT2D eigenvalue weighted by Gasteiger charge is 2.08. The second kappa shape index (κ2) is 6.94. The first kappa shape index (κ1) is 15.8. The molecule has 114 valence electrons. The van der Waals surface area contributed by atoms with E-state index in [-0.39, 0.29) is 5.78 Å². The van der Waals surface area contributed by atoms with Gasteiger partial charge in [-0.2, -0.15) is 0 Å². The van der Waals surface area contributed by atoms with Crippen molar-refractivity contribution in [2.24, 2.45) is 0 Å². The van der Waals surface area contributed by atoms with Gasteiger partial charge in [0, 0.05) is 5.56 Å². The quantitative estimate of drug-likeness (QED) is 0.612. The summed E-state index contributed by atoms with van der Waals surface area (Å²) in [5.41, 5.74) is 3.93. The number of hydrogen-bond donors (Lipinski definition) is 0. The maximum absolute atomic E-state index is 12.3. The molecule has 0 saturated heterocycles. The number of aryl methyl sites for hydroxylation is 2. The van der Waals surface area contributed by atoms with Crippen molar-refractivity contribution >= 4 is 11.9 Å². The molecule has 3 nitrogen and oxygen atoms in total. The van der Waals surface area contributed by atoms with Gasteiger partial charge in [0.25, 0.3) is 0 Å². The topological polar surface area (TPSA) is 35.5 Å². The maximum Gasteiger partial charge on any atom is 0.185 e. The summed E-state index contributed by atoms with van der Waals surface area (Å²) in [5, 5.41) is 0. The third-order valence-electron chi connectivity index (χ3n) is 3.52. The van der Waals surface area contributed by atoms with Crippen molar-refractivity contribution in [1.82, 2.24) is 0 Å². The van der Waals surface area contributed by atoms with E-state index in [0.29, 0.717) is 17.1 Å². The van der Waals surface area contributed by atoms with Crippen LogP contribution >= 0.6 is 0 Å². The van der Waals surface area contributed by atoms with E-state index >= 15 is 0 Å². The van der Waals surface area contributed by atoms with Crippen LogP contribution < -0.4 is 9.47 Å². The Kier molecular flexibility index (Phi) is 4.99. The van der Waals surface area contributed by atoms with E-state index in [9.17, 15) is 4.79 Å². The van der Waals surface area contributed by atoms with E-state index in [1.165, 1.54) is 5.56 Å². The Labute approximate surface area is 131 Å². The molecule has 0 aliphatic heterocycles. The molecule has 2 aromatic rings. The fourth-order valence-corrected chi connectivity index (χ4v) is 2.19. The van der Waals surface area contributed by atoms with Crippen LogP contribution in [-0.4, -0.2) is 20.0 Å². The van der Waals surface area contributed by atoms with Crippen molar-refractivity contribution in [2.45, 2.75) is 13.8 Å². The summed E-state index contributed by atoms with van der Waals surface area (Å²) in [6, 6.07) is 11.3. The Morgan fingerprint density at radius 3 is 2.36 bits per heavy atom. The van der Waals surface area contributed by atoms with E-state index in [1.54, 1.807) is 38.5 Å². The van der Waals surface area contributed by atoms with Gasteiger partial charge < -0.3 is 9.47 Å². The molecule has 0 heterocycles. The number of ether oxygens (including phenoxy) is 2. The SMILES string of the molecule is COc1ccc(C(=O)C=Cc2cc(C)ccc2C)cc1OC. The average Bonchev–Trinajstić information content (AvgIpc) is 2.54. The van der Waals surface area contributed by atoms with Crippen LogP contribution in [0.3, 0.4) is 0 Å². The van der Waals surface area contributed by atoms with Crippen molar-refractivity contribution in [3.8, 4) is 11.5 Å². The van der Waals surface area contributed by atoms with Gasteiger partial charge in [-0.1, -0.05) is 29.8 Å². The highest BCUT2D eigenvalue weighted by molar-refractivity contribution is 6.07. The van der Waals surface area contributed by atoms with Gasteiger partial charge in [0.1, 0.15) is 0 Å². The van der Waals surface area contributed by atoms with Gasteiger partial charge in [-0.05, 0) is 49.2 Å². The number of allylic oxidation sites excluding steroid dienone is 1. The van der Waals surface area contributed by atoms with Gasteiger partial charge in [-0.15, -0.1) is 0 Å². The molecule has 0 atom stereocenters. The summed E-state index contributed by atoms with van der Waals surface area (Å²) >= 11 is 0. The largest absolute Gasteiger partial charge is 0.493 e. The zero-order valence-corrected chi connectivity index (χ0v) is 13.3. The lowest BCUT2D eigenvalue weighted by molar-refractivity contribution is 0.104. The first-order valence-corrected chi connectivity index (χ1v) is 7.07. The van der Waals surface area contributed by atoms with E-state index in [4.69, 9.17) is 9.47 Å². The Morgan fingerprint density at radius 1 is 0.955 bits per heavy atom. The third kappa shape index (κ3) is 3.55. The molecule has 0 aliphatic rings. The summed E-state index contributed by atoms with van der Waals surface area (Å²) in [5.74, 6) is 1.09. The smallest absolute Gasteiger partial charge is 0.185 e. The Hall–Kier alpha value is -2.55. The van der Waals surface area contributed by atoms with Crippen LogP contribution in [0.5, 0.6) is 11.5 Å². The van der Waals surface area contributed by atoms with Crippen LogP contribution in [0.15, 0.2) is 42.5 Å². The third-order valence-corrected chi connectivity index (χ3v) is 3.52. The number of benzene rings is 2. The van der Waals surface area contributed by atoms with E-state index in [2.05, 4.69) is 18.2 Å². The molecule has 0 bridgehead atoms. The predicted octanol–water partition coefficient (Wildman–Crippen LogP) is 4.22. The van der Waals surface area contributed by atoms with E-state index < -0.39 is 0 Å². The number of rotatable bonds is 5. The summed E-state index contributed by atoms with van der Waals surface area (Å²) in [7, 11) is 3.12. The molecule has 0 amide bonds. The molecule has 0 unspecified atom stereocenters. The van der Waals surface area contributed by atoms with Crippen LogP contribution in [0.4, 0.5) is 0 Å². The number of methoxy groups -OCH3 is 2. The van der Waals surface area contributed by atoms with E-state index in [1.807, 2.05) is 19.9 Å². The fourth-order valence-electron chi connectivity index (χ4n) is 2.19. The van der Waals surface area contributed by atoms with Crippen molar-refractivity contribution in [3.05, 3.63) is 64.7 Å². The lowest BCUT2D eigenvalue weighted by atomic mass is 10.0. The standard InChI is InChI=1S/C19H20O3/c1-13-5-6-14(2)15(11-13)7-9-17(20)16-8-10-18(21-3)19(12-16)22-4/h5-12H,1-4H3. The number of carbonyl (C=O) groups excluding carboxylic acids is 1. The van der Waals surface area contributed by atoms with Gasteiger partial charge >= 0.3 is 0 Å². The first-order chi connectivity index (χ1) is 10.5. The number of ketones is 1. The highest BCUT2D eigenvalue weighted by atomic mass is 16.5. The molecule has 0 spiro atoms. The van der Waals surface area contributed by atoms with Crippen LogP contribution in [0.25, 0.3) is 6.08 Å². The van der Waals surface area contributed by atoms with Gasteiger partial charge in [-0.3, -0.25) is 4.79 Å². The molecule has 0 aliphatic carbocycles. The summed E-state index contributed by atoms with van der Waals surface area (Å²) in [6.45, 7) is 4.06. The van der Waals surface area contributed by atoms with Crippen molar-refractivity contribution < 1.29 is 14.3 Å². The van der Waals surface area contributed by atoms with Crippen molar-refractivity contribution in [3.63, 3.8) is 0 Å². The average molecular weight is 296 g/mol. The monoisotopic (exact) mass is 296 g/mol. The first-order valence-electron chi connectivity index (χ1n) is 7.07. The van der Waals surface area contributed by atoms with Crippen LogP contribution in [0, 0.1) is 13.8 Å². The predicted molar refractivity (Wildman–Crippen MR) is 88.8 cm³/mol. The molecular formula is C19H20O3. The molecule has 0 fully saturated rings. The van der Waals surface area contributed by atoms with Gasteiger partial charge in [0.15, 0.2) is 17.3 Å². The van der Waals surface area contributed by atoms with Gasteiger partial charge in [0.05, 0.1) is 14.2 Å². The molecule has 3 heteroatoms. The molecule has 0 aromatic heterocycles. The molecule has 0 radical (unpaired) electrons. The maximum atomic E-state index is 12.3. The Balaban J connectivity index is 2.25. The van der Waals surface area contributed by atoms with Crippen LogP contribution in [-0.2, 0) is 0 Å². The highest BCUT2D eigenvalue weighted by Crippen LogP contribution is 2.27. The Bertz CT molecular complexity index is 715. The Morgan fingerprint density at radius 2 is 1.68 bits per heavy atom. The summed E-state index contributed by atoms with van der Waals surface area (Å²) < 4.78 is 10.4. The molecule has 0 N–H and O–H groups in total. The zero-order valence-electron chi connectivity index (χ0n) is 13.3. The zero-order chi connectivity index (χ0) is 16.1. The second-order valence-corrected chi connectivity index (χ2v) is 5.13. The molecule has 2 aromatic carbocycles. The van der Waals surface area contributed by atoms with Crippen molar-refractivity contribution in [2.75, 3.05) is 14.2 Å². The number of carbonyl (C=O) groups is 1. The van der Waals surface area contributed by atoms with Crippen molar-refractivity contribution in [1.29, 1.82) is 0 Å². The summed E-state index contributed by atoms with van der Waals surface area (Å²) in [6.07, 6.45) is 3.43. The van der Waals surface area contributed by atoms with Crippen LogP contribution in [0.2, 0.25) is 0 Å².